The maximum atomic E-state index is 11.8. The molecular formula is C12H19NO3. The summed E-state index contributed by atoms with van der Waals surface area (Å²) in [6, 6.07) is 0. The number of hydrogen-bond acceptors (Lipinski definition) is 3. The van der Waals surface area contributed by atoms with Crippen molar-refractivity contribution in [1.82, 2.24) is 4.90 Å². The minimum absolute atomic E-state index is 0.0399. The van der Waals surface area contributed by atoms with E-state index in [1.54, 1.807) is 13.8 Å². The molecule has 0 aliphatic carbocycles. The maximum Gasteiger partial charge on any atom is 0.235 e. The van der Waals surface area contributed by atoms with Gasteiger partial charge in [-0.2, -0.15) is 0 Å². The second-order valence-corrected chi connectivity index (χ2v) is 5.12. The van der Waals surface area contributed by atoms with Crippen molar-refractivity contribution >= 4 is 17.6 Å². The van der Waals surface area contributed by atoms with Gasteiger partial charge >= 0.3 is 0 Å². The van der Waals surface area contributed by atoms with E-state index in [0.717, 1.165) is 11.3 Å². The molecule has 1 fully saturated rings. The molecule has 0 aromatic carbocycles. The third kappa shape index (κ3) is 2.31. The number of amides is 2. The van der Waals surface area contributed by atoms with Gasteiger partial charge in [-0.25, -0.2) is 0 Å². The van der Waals surface area contributed by atoms with Gasteiger partial charge in [0.05, 0.1) is 12.0 Å². The minimum Gasteiger partial charge on any atom is -0.297 e. The molecule has 2 amide bonds. The maximum absolute atomic E-state index is 11.8. The fourth-order valence-corrected chi connectivity index (χ4v) is 1.73. The molecule has 1 saturated heterocycles. The van der Waals surface area contributed by atoms with Crippen LogP contribution in [0.2, 0.25) is 0 Å². The zero-order valence-electron chi connectivity index (χ0n) is 10.4. The highest BCUT2D eigenvalue weighted by molar-refractivity contribution is 6.07. The highest BCUT2D eigenvalue weighted by atomic mass is 16.2. The molecule has 1 heterocycles. The van der Waals surface area contributed by atoms with Gasteiger partial charge in [-0.3, -0.25) is 19.3 Å². The summed E-state index contributed by atoms with van der Waals surface area (Å²) in [5.74, 6) is -0.591. The Kier molecular flexibility index (Phi) is 3.51. The van der Waals surface area contributed by atoms with Crippen LogP contribution in [0.3, 0.4) is 0 Å². The summed E-state index contributed by atoms with van der Waals surface area (Å²) in [6.45, 7) is 7.15. The van der Waals surface area contributed by atoms with Gasteiger partial charge in [0, 0.05) is 12.3 Å². The normalized spacial score (nSPS) is 21.4. The lowest BCUT2D eigenvalue weighted by Crippen LogP contribution is -2.38. The average Bonchev–Trinajstić information content (AvgIpc) is 2.39. The first kappa shape index (κ1) is 12.9. The number of ketones is 1. The number of imide groups is 1. The smallest absolute Gasteiger partial charge is 0.235 e. The van der Waals surface area contributed by atoms with Gasteiger partial charge in [-0.1, -0.05) is 27.7 Å². The van der Waals surface area contributed by atoms with Crippen molar-refractivity contribution < 1.29 is 14.4 Å². The molecule has 90 valence electrons. The molecule has 0 spiro atoms. The third-order valence-electron chi connectivity index (χ3n) is 3.19. The second-order valence-electron chi connectivity index (χ2n) is 5.12. The second kappa shape index (κ2) is 4.36. The van der Waals surface area contributed by atoms with Crippen LogP contribution in [0, 0.1) is 11.3 Å². The Hall–Kier alpha value is -1.19. The Bertz CT molecular complexity index is 333. The predicted molar refractivity (Wildman–Crippen MR) is 59.6 cm³/mol. The van der Waals surface area contributed by atoms with Gasteiger partial charge in [-0.15, -0.1) is 0 Å². The summed E-state index contributed by atoms with van der Waals surface area (Å²) in [5.41, 5.74) is -0.646. The average molecular weight is 225 g/mol. The number of nitrogens with zero attached hydrogens (tertiary/aromatic N) is 1. The lowest BCUT2D eigenvalue weighted by atomic mass is 9.92. The van der Waals surface area contributed by atoms with E-state index < -0.39 is 5.41 Å². The van der Waals surface area contributed by atoms with Gasteiger partial charge in [0.1, 0.15) is 0 Å². The number of carbonyl (C=O) groups is 3. The van der Waals surface area contributed by atoms with E-state index in [2.05, 4.69) is 0 Å². The summed E-state index contributed by atoms with van der Waals surface area (Å²) < 4.78 is 0. The Balaban J connectivity index is 2.73. The Morgan fingerprint density at radius 3 is 2.38 bits per heavy atom. The van der Waals surface area contributed by atoms with Gasteiger partial charge in [-0.05, 0) is 6.42 Å². The predicted octanol–water partition coefficient (Wildman–Crippen LogP) is 1.39. The molecule has 0 bridgehead atoms. The van der Waals surface area contributed by atoms with Gasteiger partial charge in [0.15, 0.2) is 5.78 Å². The molecule has 1 aliphatic rings. The van der Waals surface area contributed by atoms with Crippen molar-refractivity contribution in [3.63, 3.8) is 0 Å². The van der Waals surface area contributed by atoms with Crippen molar-refractivity contribution in [2.45, 2.75) is 40.5 Å². The van der Waals surface area contributed by atoms with E-state index in [0.29, 0.717) is 0 Å². The monoisotopic (exact) mass is 225 g/mol. The molecule has 1 rings (SSSR count). The quantitative estimate of drug-likeness (QED) is 0.679. The Morgan fingerprint density at radius 2 is 2.00 bits per heavy atom. The molecule has 1 atom stereocenters. The van der Waals surface area contributed by atoms with E-state index in [1.165, 1.54) is 0 Å². The summed E-state index contributed by atoms with van der Waals surface area (Å²) in [4.78, 5) is 36.2. The lowest BCUT2D eigenvalue weighted by molar-refractivity contribution is -0.144. The summed E-state index contributed by atoms with van der Waals surface area (Å²) in [5, 5.41) is 0. The minimum atomic E-state index is -0.646. The Labute approximate surface area is 96.0 Å². The molecule has 1 unspecified atom stereocenters. The molecular weight excluding hydrogens is 206 g/mol. The van der Waals surface area contributed by atoms with Gasteiger partial charge < -0.3 is 0 Å². The first-order chi connectivity index (χ1) is 7.29. The summed E-state index contributed by atoms with van der Waals surface area (Å²) >= 11 is 0. The number of rotatable bonds is 4. The van der Waals surface area contributed by atoms with E-state index in [4.69, 9.17) is 0 Å². The summed E-state index contributed by atoms with van der Waals surface area (Å²) in [6.07, 6.45) is 0.943. The van der Waals surface area contributed by atoms with E-state index in [9.17, 15) is 14.4 Å². The lowest BCUT2D eigenvalue weighted by Gasteiger charge is -2.18. The van der Waals surface area contributed by atoms with Gasteiger partial charge in [0.25, 0.3) is 0 Å². The molecule has 0 radical (unpaired) electrons. The van der Waals surface area contributed by atoms with Crippen molar-refractivity contribution in [3.8, 4) is 0 Å². The van der Waals surface area contributed by atoms with Gasteiger partial charge in [0.2, 0.25) is 11.8 Å². The molecule has 0 aromatic heterocycles. The molecule has 4 heteroatoms. The molecule has 16 heavy (non-hydrogen) atoms. The molecule has 0 aromatic rings. The van der Waals surface area contributed by atoms with Crippen LogP contribution in [0.1, 0.15) is 40.5 Å². The third-order valence-corrected chi connectivity index (χ3v) is 3.19. The summed E-state index contributed by atoms with van der Waals surface area (Å²) in [7, 11) is 0. The fourth-order valence-electron chi connectivity index (χ4n) is 1.73. The molecule has 0 saturated carbocycles. The Morgan fingerprint density at radius 1 is 1.44 bits per heavy atom. The van der Waals surface area contributed by atoms with E-state index in [1.807, 2.05) is 13.8 Å². The number of hydrogen-bond donors (Lipinski definition) is 0. The SMILES string of the molecule is CCC(C)C(=O)CN1C(=O)CC(C)(C)C1=O. The van der Waals surface area contributed by atoms with Crippen molar-refractivity contribution in [3.05, 3.63) is 0 Å². The zero-order valence-corrected chi connectivity index (χ0v) is 10.4. The van der Waals surface area contributed by atoms with Crippen LogP contribution in [-0.2, 0) is 14.4 Å². The van der Waals surface area contributed by atoms with Crippen molar-refractivity contribution in [1.29, 1.82) is 0 Å². The van der Waals surface area contributed by atoms with Crippen LogP contribution in [0.15, 0.2) is 0 Å². The van der Waals surface area contributed by atoms with Crippen molar-refractivity contribution in [2.24, 2.45) is 11.3 Å². The van der Waals surface area contributed by atoms with Crippen LogP contribution in [0.25, 0.3) is 0 Å². The first-order valence-corrected chi connectivity index (χ1v) is 5.67. The largest absolute Gasteiger partial charge is 0.297 e. The van der Waals surface area contributed by atoms with Crippen LogP contribution < -0.4 is 0 Å². The number of Topliss-reactive ketones (excluding diaryl/α,β-unsaturated/α-hetero) is 1. The fraction of sp³-hybridized carbons (Fsp3) is 0.750. The molecule has 0 N–H and O–H groups in total. The number of carbonyl (C=O) groups excluding carboxylic acids is 3. The van der Waals surface area contributed by atoms with Crippen LogP contribution in [0.4, 0.5) is 0 Å². The number of likely N-dealkylation sites (tertiary alicyclic amines) is 1. The molecule has 1 aliphatic heterocycles. The molecule has 4 nitrogen and oxygen atoms in total. The highest BCUT2D eigenvalue weighted by Crippen LogP contribution is 2.31. The highest BCUT2D eigenvalue weighted by Gasteiger charge is 2.45. The zero-order chi connectivity index (χ0) is 12.5. The first-order valence-electron chi connectivity index (χ1n) is 5.67. The van der Waals surface area contributed by atoms with E-state index >= 15 is 0 Å². The van der Waals surface area contributed by atoms with Crippen LogP contribution in [0.5, 0.6) is 0 Å². The van der Waals surface area contributed by atoms with Crippen LogP contribution in [-0.4, -0.2) is 29.0 Å². The van der Waals surface area contributed by atoms with Crippen molar-refractivity contribution in [2.75, 3.05) is 6.54 Å². The standard InChI is InChI=1S/C12H19NO3/c1-5-8(2)9(14)7-13-10(15)6-12(3,4)11(13)16/h8H,5-7H2,1-4H3. The topological polar surface area (TPSA) is 54.5 Å². The van der Waals surface area contributed by atoms with E-state index in [-0.39, 0.29) is 36.5 Å². The van der Waals surface area contributed by atoms with Crippen LogP contribution >= 0.6 is 0 Å².